The Bertz CT molecular complexity index is 398. The summed E-state index contributed by atoms with van der Waals surface area (Å²) >= 11 is 2.13. The van der Waals surface area contributed by atoms with Gasteiger partial charge in [0.15, 0.2) is 0 Å². The molecule has 0 aliphatic carbocycles. The fourth-order valence-electron chi connectivity index (χ4n) is 0.994. The number of nitrogen functional groups attached to an aromatic ring is 1. The number of ether oxygens (including phenoxy) is 1. The molecule has 0 radical (unpaired) electrons. The molecule has 0 saturated carbocycles. The van der Waals surface area contributed by atoms with E-state index < -0.39 is 0 Å². The molecule has 0 spiro atoms. The summed E-state index contributed by atoms with van der Waals surface area (Å²) < 4.78 is 6.38. The van der Waals surface area contributed by atoms with E-state index in [1.54, 1.807) is 36.7 Å². The standard InChI is InChI=1S/C10H8IN3O/c11-7-5-13-10(14-6-7)15-9-3-1-8(12)2-4-9/h1-6H,12H2. The first kappa shape index (κ1) is 10.2. The molecule has 2 N–H and O–H groups in total. The highest BCUT2D eigenvalue weighted by atomic mass is 127. The maximum Gasteiger partial charge on any atom is 0.321 e. The van der Waals surface area contributed by atoms with E-state index in [-0.39, 0.29) is 0 Å². The van der Waals surface area contributed by atoms with Crippen LogP contribution in [0.25, 0.3) is 0 Å². The van der Waals surface area contributed by atoms with Gasteiger partial charge >= 0.3 is 6.01 Å². The van der Waals surface area contributed by atoms with E-state index in [0.29, 0.717) is 17.4 Å². The third-order valence-electron chi connectivity index (χ3n) is 1.69. The lowest BCUT2D eigenvalue weighted by atomic mass is 10.3. The third-order valence-corrected chi connectivity index (χ3v) is 2.24. The molecule has 0 bridgehead atoms. The summed E-state index contributed by atoms with van der Waals surface area (Å²) in [4.78, 5) is 8.05. The Kier molecular flexibility index (Phi) is 3.00. The molecule has 0 aliphatic heterocycles. The monoisotopic (exact) mass is 313 g/mol. The van der Waals surface area contributed by atoms with Crippen LogP contribution in [0.15, 0.2) is 36.7 Å². The molecule has 0 amide bonds. The molecule has 76 valence electrons. The van der Waals surface area contributed by atoms with E-state index >= 15 is 0 Å². The molecule has 1 aromatic carbocycles. The van der Waals surface area contributed by atoms with Crippen molar-refractivity contribution in [1.29, 1.82) is 0 Å². The fraction of sp³-hybridized carbons (Fsp3) is 0. The first-order valence-electron chi connectivity index (χ1n) is 4.25. The summed E-state index contributed by atoms with van der Waals surface area (Å²) in [5, 5.41) is 0. The average Bonchev–Trinajstić information content (AvgIpc) is 2.25. The lowest BCUT2D eigenvalue weighted by molar-refractivity contribution is 0.441. The van der Waals surface area contributed by atoms with Gasteiger partial charge in [0.2, 0.25) is 0 Å². The van der Waals surface area contributed by atoms with Gasteiger partial charge in [0.1, 0.15) is 5.75 Å². The van der Waals surface area contributed by atoms with Gasteiger partial charge < -0.3 is 10.5 Å². The summed E-state index contributed by atoms with van der Waals surface area (Å²) in [6.07, 6.45) is 3.39. The van der Waals surface area contributed by atoms with Crippen molar-refractivity contribution >= 4 is 28.3 Å². The predicted molar refractivity (Wildman–Crippen MR) is 65.7 cm³/mol. The highest BCUT2D eigenvalue weighted by molar-refractivity contribution is 14.1. The number of aromatic nitrogens is 2. The largest absolute Gasteiger partial charge is 0.424 e. The maximum atomic E-state index is 5.55. The van der Waals surface area contributed by atoms with Crippen LogP contribution in [0.3, 0.4) is 0 Å². The van der Waals surface area contributed by atoms with Gasteiger partial charge in [-0.1, -0.05) is 0 Å². The van der Waals surface area contributed by atoms with Crippen LogP contribution in [-0.2, 0) is 0 Å². The van der Waals surface area contributed by atoms with Gasteiger partial charge in [-0.05, 0) is 46.9 Å². The van der Waals surface area contributed by atoms with E-state index in [0.717, 1.165) is 3.57 Å². The minimum atomic E-state index is 0.334. The SMILES string of the molecule is Nc1ccc(Oc2ncc(I)cn2)cc1. The number of hydrogen-bond donors (Lipinski definition) is 1. The van der Waals surface area contributed by atoms with Gasteiger partial charge in [-0.2, -0.15) is 0 Å². The van der Waals surface area contributed by atoms with Crippen LogP contribution in [0.4, 0.5) is 5.69 Å². The lowest BCUT2D eigenvalue weighted by Gasteiger charge is -2.03. The van der Waals surface area contributed by atoms with Crippen molar-refractivity contribution in [3.05, 3.63) is 40.2 Å². The maximum absolute atomic E-state index is 5.55. The number of nitrogens with two attached hydrogens (primary N) is 1. The molecule has 15 heavy (non-hydrogen) atoms. The molecule has 1 aromatic heterocycles. The summed E-state index contributed by atoms with van der Waals surface area (Å²) in [5.41, 5.74) is 6.25. The van der Waals surface area contributed by atoms with Crippen LogP contribution < -0.4 is 10.5 Å². The number of rotatable bonds is 2. The molecule has 0 saturated heterocycles. The summed E-state index contributed by atoms with van der Waals surface area (Å²) in [6.45, 7) is 0. The van der Waals surface area contributed by atoms with Crippen molar-refractivity contribution in [1.82, 2.24) is 9.97 Å². The number of anilines is 1. The lowest BCUT2D eigenvalue weighted by Crippen LogP contribution is -1.92. The highest BCUT2D eigenvalue weighted by Gasteiger charge is 1.99. The van der Waals surface area contributed by atoms with E-state index in [2.05, 4.69) is 32.6 Å². The average molecular weight is 313 g/mol. The quantitative estimate of drug-likeness (QED) is 0.683. The van der Waals surface area contributed by atoms with Gasteiger partial charge in [0.05, 0.1) is 0 Å². The van der Waals surface area contributed by atoms with E-state index in [9.17, 15) is 0 Å². The Hall–Kier alpha value is -1.37. The summed E-state index contributed by atoms with van der Waals surface area (Å²) in [7, 11) is 0. The Balaban J connectivity index is 2.15. The minimum Gasteiger partial charge on any atom is -0.424 e. The van der Waals surface area contributed by atoms with Crippen molar-refractivity contribution in [3.8, 4) is 11.8 Å². The minimum absolute atomic E-state index is 0.334. The van der Waals surface area contributed by atoms with Crippen LogP contribution in [0.1, 0.15) is 0 Å². The van der Waals surface area contributed by atoms with Crippen molar-refractivity contribution in [3.63, 3.8) is 0 Å². The fourth-order valence-corrected chi connectivity index (χ4v) is 1.27. The molecule has 0 aliphatic rings. The number of hydrogen-bond acceptors (Lipinski definition) is 4. The Morgan fingerprint density at radius 2 is 1.67 bits per heavy atom. The van der Waals surface area contributed by atoms with Crippen molar-refractivity contribution < 1.29 is 4.74 Å². The molecule has 4 nitrogen and oxygen atoms in total. The Morgan fingerprint density at radius 1 is 1.07 bits per heavy atom. The number of nitrogens with zero attached hydrogens (tertiary/aromatic N) is 2. The second-order valence-electron chi connectivity index (χ2n) is 2.85. The second kappa shape index (κ2) is 4.43. The third kappa shape index (κ3) is 2.79. The number of halogens is 1. The van der Waals surface area contributed by atoms with Crippen molar-refractivity contribution in [2.24, 2.45) is 0 Å². The first-order chi connectivity index (χ1) is 7.24. The van der Waals surface area contributed by atoms with Crippen LogP contribution in [0.2, 0.25) is 0 Å². The molecular weight excluding hydrogens is 305 g/mol. The van der Waals surface area contributed by atoms with Gasteiger partial charge in [-0.3, -0.25) is 0 Å². The van der Waals surface area contributed by atoms with Crippen LogP contribution in [0, 0.1) is 3.57 Å². The van der Waals surface area contributed by atoms with E-state index in [1.165, 1.54) is 0 Å². The molecule has 5 heteroatoms. The van der Waals surface area contributed by atoms with Crippen molar-refractivity contribution in [2.75, 3.05) is 5.73 Å². The van der Waals surface area contributed by atoms with Gasteiger partial charge in [-0.15, -0.1) is 0 Å². The second-order valence-corrected chi connectivity index (χ2v) is 4.10. The zero-order valence-electron chi connectivity index (χ0n) is 7.72. The van der Waals surface area contributed by atoms with Crippen LogP contribution in [-0.4, -0.2) is 9.97 Å². The molecule has 0 atom stereocenters. The first-order valence-corrected chi connectivity index (χ1v) is 5.33. The summed E-state index contributed by atoms with van der Waals surface area (Å²) in [5.74, 6) is 0.672. The smallest absolute Gasteiger partial charge is 0.321 e. The molecule has 2 aromatic rings. The zero-order valence-corrected chi connectivity index (χ0v) is 9.88. The van der Waals surface area contributed by atoms with E-state index in [4.69, 9.17) is 10.5 Å². The van der Waals surface area contributed by atoms with Crippen LogP contribution >= 0.6 is 22.6 Å². The normalized spacial score (nSPS) is 9.93. The Labute approximate surface area is 101 Å². The van der Waals surface area contributed by atoms with E-state index in [1.807, 2.05) is 0 Å². The molecule has 1 heterocycles. The summed E-state index contributed by atoms with van der Waals surface area (Å²) in [6, 6.07) is 7.41. The van der Waals surface area contributed by atoms with Gasteiger partial charge in [0, 0.05) is 21.7 Å². The number of benzene rings is 1. The van der Waals surface area contributed by atoms with Crippen molar-refractivity contribution in [2.45, 2.75) is 0 Å². The molecular formula is C10H8IN3O. The molecule has 2 rings (SSSR count). The predicted octanol–water partition coefficient (Wildman–Crippen LogP) is 2.46. The highest BCUT2D eigenvalue weighted by Crippen LogP contribution is 2.18. The zero-order chi connectivity index (χ0) is 10.7. The molecule has 0 fully saturated rings. The Morgan fingerprint density at radius 3 is 2.27 bits per heavy atom. The van der Waals surface area contributed by atoms with Gasteiger partial charge in [0.25, 0.3) is 0 Å². The van der Waals surface area contributed by atoms with Gasteiger partial charge in [-0.25, -0.2) is 9.97 Å². The van der Waals surface area contributed by atoms with Crippen LogP contribution in [0.5, 0.6) is 11.8 Å². The molecule has 0 unspecified atom stereocenters. The topological polar surface area (TPSA) is 61.0 Å².